The Bertz CT molecular complexity index is 962. The summed E-state index contributed by atoms with van der Waals surface area (Å²) < 4.78 is 12.1. The lowest BCUT2D eigenvalue weighted by atomic mass is 10.1. The van der Waals surface area contributed by atoms with E-state index in [0.29, 0.717) is 36.5 Å². The van der Waals surface area contributed by atoms with Crippen LogP contribution in [0.5, 0.6) is 11.5 Å². The third kappa shape index (κ3) is 6.83. The summed E-state index contributed by atoms with van der Waals surface area (Å²) in [4.78, 5) is 13.0. The molecule has 0 aromatic heterocycles. The van der Waals surface area contributed by atoms with E-state index in [1.165, 1.54) is 0 Å². The zero-order valence-corrected chi connectivity index (χ0v) is 17.9. The third-order valence-electron chi connectivity index (χ3n) is 4.95. The predicted octanol–water partition coefficient (Wildman–Crippen LogP) is 3.71. The number of aliphatic hydroxyl groups excluding tert-OH is 2. The first-order valence-electron chi connectivity index (χ1n) is 10.7. The number of nitrogens with one attached hydrogen (secondary N) is 1. The van der Waals surface area contributed by atoms with Crippen LogP contribution in [0.4, 0.5) is 0 Å². The monoisotopic (exact) mass is 435 g/mol. The Labute approximate surface area is 188 Å². The Morgan fingerprint density at radius 3 is 2.03 bits per heavy atom. The van der Waals surface area contributed by atoms with Crippen molar-refractivity contribution >= 4 is 5.91 Å². The maximum absolute atomic E-state index is 13.0. The molecule has 0 heterocycles. The highest BCUT2D eigenvalue weighted by molar-refractivity contribution is 5.98. The van der Waals surface area contributed by atoms with E-state index in [1.54, 1.807) is 18.2 Å². The van der Waals surface area contributed by atoms with Crippen molar-refractivity contribution in [2.75, 3.05) is 13.2 Å². The van der Waals surface area contributed by atoms with E-state index < -0.39 is 6.04 Å². The number of benzene rings is 3. The van der Waals surface area contributed by atoms with Gasteiger partial charge in [-0.2, -0.15) is 0 Å². The second kappa shape index (κ2) is 12.5. The molecule has 6 heteroatoms. The first-order chi connectivity index (χ1) is 15.7. The van der Waals surface area contributed by atoms with E-state index in [-0.39, 0.29) is 25.7 Å². The van der Waals surface area contributed by atoms with Gasteiger partial charge in [0.25, 0.3) is 5.91 Å². The molecule has 6 nitrogen and oxygen atoms in total. The molecule has 3 aromatic rings. The molecule has 32 heavy (non-hydrogen) atoms. The van der Waals surface area contributed by atoms with Crippen LogP contribution in [0.15, 0.2) is 78.9 Å². The molecule has 0 unspecified atom stereocenters. The molecule has 0 aliphatic carbocycles. The fourth-order valence-corrected chi connectivity index (χ4v) is 3.23. The van der Waals surface area contributed by atoms with Crippen LogP contribution in [0, 0.1) is 0 Å². The second-order valence-corrected chi connectivity index (χ2v) is 7.40. The Morgan fingerprint density at radius 2 is 1.44 bits per heavy atom. The summed E-state index contributed by atoms with van der Waals surface area (Å²) in [6.45, 7) is 0.404. The molecule has 3 aromatic carbocycles. The number of hydrogen-bond donors (Lipinski definition) is 3. The van der Waals surface area contributed by atoms with Gasteiger partial charge in [-0.25, -0.2) is 0 Å². The fraction of sp³-hybridized carbons (Fsp3) is 0.269. The molecule has 3 rings (SSSR count). The molecule has 0 saturated carbocycles. The van der Waals surface area contributed by atoms with Gasteiger partial charge in [-0.05, 0) is 36.1 Å². The summed E-state index contributed by atoms with van der Waals surface area (Å²) in [7, 11) is 0. The maximum atomic E-state index is 13.0. The maximum Gasteiger partial charge on any atom is 0.255 e. The number of aliphatic hydroxyl groups is 2. The SMILES string of the molecule is O=C(N[C@H](CO)CCCO)c1cccc(OCc2ccccc2)c1OCc1ccccc1. The van der Waals surface area contributed by atoms with Crippen molar-refractivity contribution in [2.45, 2.75) is 32.1 Å². The Morgan fingerprint density at radius 1 is 0.812 bits per heavy atom. The van der Waals surface area contributed by atoms with Crippen LogP contribution < -0.4 is 14.8 Å². The molecule has 0 fully saturated rings. The quantitative estimate of drug-likeness (QED) is 0.404. The first-order valence-corrected chi connectivity index (χ1v) is 10.7. The molecule has 0 aliphatic heterocycles. The molecular weight excluding hydrogens is 406 g/mol. The van der Waals surface area contributed by atoms with E-state index in [0.717, 1.165) is 11.1 Å². The topological polar surface area (TPSA) is 88.0 Å². The molecule has 0 bridgehead atoms. The molecule has 3 N–H and O–H groups in total. The first kappa shape index (κ1) is 23.3. The van der Waals surface area contributed by atoms with Gasteiger partial charge >= 0.3 is 0 Å². The van der Waals surface area contributed by atoms with Crippen molar-refractivity contribution in [2.24, 2.45) is 0 Å². The smallest absolute Gasteiger partial charge is 0.255 e. The number of amides is 1. The highest BCUT2D eigenvalue weighted by atomic mass is 16.5. The van der Waals surface area contributed by atoms with Gasteiger partial charge in [-0.3, -0.25) is 4.79 Å². The van der Waals surface area contributed by atoms with Crippen molar-refractivity contribution in [3.8, 4) is 11.5 Å². The summed E-state index contributed by atoms with van der Waals surface area (Å²) in [5.74, 6) is 0.451. The largest absolute Gasteiger partial charge is 0.485 e. The van der Waals surface area contributed by atoms with Crippen LogP contribution >= 0.6 is 0 Å². The zero-order valence-electron chi connectivity index (χ0n) is 17.9. The Kier molecular flexibility index (Phi) is 9.10. The van der Waals surface area contributed by atoms with Crippen molar-refractivity contribution in [3.63, 3.8) is 0 Å². The summed E-state index contributed by atoms with van der Waals surface area (Å²) in [6, 6.07) is 24.2. The van der Waals surface area contributed by atoms with E-state index in [4.69, 9.17) is 14.6 Å². The number of carbonyl (C=O) groups is 1. The minimum atomic E-state index is -0.453. The zero-order chi connectivity index (χ0) is 22.6. The van der Waals surface area contributed by atoms with Gasteiger partial charge in [0, 0.05) is 6.61 Å². The minimum Gasteiger partial charge on any atom is -0.485 e. The summed E-state index contributed by atoms with van der Waals surface area (Å²) in [5, 5.41) is 21.4. The van der Waals surface area contributed by atoms with E-state index in [1.807, 2.05) is 60.7 Å². The van der Waals surface area contributed by atoms with Gasteiger partial charge in [0.1, 0.15) is 13.2 Å². The normalized spacial score (nSPS) is 11.6. The van der Waals surface area contributed by atoms with Crippen LogP contribution in [-0.4, -0.2) is 35.4 Å². The molecule has 168 valence electrons. The van der Waals surface area contributed by atoms with Crippen molar-refractivity contribution in [1.29, 1.82) is 0 Å². The standard InChI is InChI=1S/C26H29NO5/c28-16-8-13-22(17-29)27-26(30)23-14-7-15-24(31-18-20-9-3-1-4-10-20)25(23)32-19-21-11-5-2-6-12-21/h1-7,9-12,14-15,22,28-29H,8,13,16-19H2,(H,27,30)/t22-/m0/s1. The predicted molar refractivity (Wildman–Crippen MR) is 123 cm³/mol. The van der Waals surface area contributed by atoms with Crippen molar-refractivity contribution < 1.29 is 24.5 Å². The number of hydrogen-bond acceptors (Lipinski definition) is 5. The lowest BCUT2D eigenvalue weighted by molar-refractivity contribution is 0.0903. The van der Waals surface area contributed by atoms with Gasteiger partial charge < -0.3 is 25.0 Å². The van der Waals surface area contributed by atoms with Crippen molar-refractivity contribution in [3.05, 3.63) is 95.6 Å². The highest BCUT2D eigenvalue weighted by Crippen LogP contribution is 2.33. The summed E-state index contributed by atoms with van der Waals surface area (Å²) in [5.41, 5.74) is 2.29. The molecule has 0 saturated heterocycles. The summed E-state index contributed by atoms with van der Waals surface area (Å²) >= 11 is 0. The van der Waals surface area contributed by atoms with Gasteiger partial charge in [-0.1, -0.05) is 66.7 Å². The molecule has 0 spiro atoms. The Hall–Kier alpha value is -3.35. The number of carbonyl (C=O) groups excluding carboxylic acids is 1. The van der Waals surface area contributed by atoms with E-state index in [9.17, 15) is 9.90 Å². The van der Waals surface area contributed by atoms with Crippen molar-refractivity contribution in [1.82, 2.24) is 5.32 Å². The van der Waals surface area contributed by atoms with Crippen LogP contribution in [-0.2, 0) is 13.2 Å². The molecular formula is C26H29NO5. The number of para-hydroxylation sites is 1. The summed E-state index contributed by atoms with van der Waals surface area (Å²) in [6.07, 6.45) is 0.965. The Balaban J connectivity index is 1.82. The number of ether oxygens (including phenoxy) is 2. The average molecular weight is 436 g/mol. The van der Waals surface area contributed by atoms with Crippen LogP contribution in [0.3, 0.4) is 0 Å². The van der Waals surface area contributed by atoms with Gasteiger partial charge in [-0.15, -0.1) is 0 Å². The van der Waals surface area contributed by atoms with Crippen LogP contribution in [0.25, 0.3) is 0 Å². The van der Waals surface area contributed by atoms with Gasteiger partial charge in [0.05, 0.1) is 18.2 Å². The minimum absolute atomic E-state index is 0.000613. The third-order valence-corrected chi connectivity index (χ3v) is 4.95. The van der Waals surface area contributed by atoms with Gasteiger partial charge in [0.2, 0.25) is 0 Å². The second-order valence-electron chi connectivity index (χ2n) is 7.40. The average Bonchev–Trinajstić information content (AvgIpc) is 2.85. The lowest BCUT2D eigenvalue weighted by Crippen LogP contribution is -2.37. The molecule has 0 radical (unpaired) electrons. The van der Waals surface area contributed by atoms with Gasteiger partial charge in [0.15, 0.2) is 11.5 Å². The van der Waals surface area contributed by atoms with E-state index >= 15 is 0 Å². The molecule has 1 atom stereocenters. The lowest BCUT2D eigenvalue weighted by Gasteiger charge is -2.19. The fourth-order valence-electron chi connectivity index (χ4n) is 3.23. The van der Waals surface area contributed by atoms with Crippen LogP contribution in [0.2, 0.25) is 0 Å². The van der Waals surface area contributed by atoms with E-state index in [2.05, 4.69) is 5.32 Å². The van der Waals surface area contributed by atoms with Crippen LogP contribution in [0.1, 0.15) is 34.3 Å². The molecule has 1 amide bonds. The molecule has 0 aliphatic rings. The number of rotatable bonds is 12. The highest BCUT2D eigenvalue weighted by Gasteiger charge is 2.20.